The molecule has 0 aromatic rings. The molecule has 0 radical (unpaired) electrons. The third kappa shape index (κ3) is 2.77. The van der Waals surface area contributed by atoms with E-state index in [0.29, 0.717) is 19.6 Å². The molecule has 1 heterocycles. The van der Waals surface area contributed by atoms with Crippen molar-refractivity contribution in [1.82, 2.24) is 10.4 Å². The fourth-order valence-electron chi connectivity index (χ4n) is 1.09. The lowest BCUT2D eigenvalue weighted by molar-refractivity contribution is -0.118. The molecule has 1 saturated heterocycles. The number of ether oxygens (including phenoxy) is 1. The fourth-order valence-corrected chi connectivity index (χ4v) is 1.09. The summed E-state index contributed by atoms with van der Waals surface area (Å²) in [6, 6.07) is 0.124. The van der Waals surface area contributed by atoms with E-state index in [1.807, 2.05) is 0 Å². The highest BCUT2D eigenvalue weighted by Crippen LogP contribution is 2.03. The van der Waals surface area contributed by atoms with Crippen LogP contribution in [-0.4, -0.2) is 50.9 Å². The van der Waals surface area contributed by atoms with Crippen molar-refractivity contribution in [3.8, 4) is 0 Å². The first kappa shape index (κ1) is 9.44. The Morgan fingerprint density at radius 1 is 1.83 bits per heavy atom. The van der Waals surface area contributed by atoms with Crippen LogP contribution in [0, 0.1) is 0 Å². The number of methoxy groups -OCH3 is 1. The average Bonchev–Trinajstić information content (AvgIpc) is 2.50. The molecule has 1 aliphatic rings. The van der Waals surface area contributed by atoms with E-state index in [9.17, 15) is 4.79 Å². The molecule has 1 atom stereocenters. The smallest absolute Gasteiger partial charge is 0.207 e. The first-order valence-corrected chi connectivity index (χ1v) is 3.93. The molecule has 1 aliphatic heterocycles. The number of carbonyl (C=O) groups excluding carboxylic acids is 1. The molecule has 70 valence electrons. The molecule has 0 aliphatic carbocycles. The molecule has 0 saturated carbocycles. The highest BCUT2D eigenvalue weighted by Gasteiger charge is 2.22. The number of hydroxylamine groups is 2. The summed E-state index contributed by atoms with van der Waals surface area (Å²) >= 11 is 0. The summed E-state index contributed by atoms with van der Waals surface area (Å²) in [5, 5.41) is 4.46. The number of hydrogen-bond donors (Lipinski definition) is 1. The molecular weight excluding hydrogens is 160 g/mol. The summed E-state index contributed by atoms with van der Waals surface area (Å²) in [6.07, 6.45) is 0.702. The summed E-state index contributed by atoms with van der Waals surface area (Å²) in [6.45, 7) is 2.69. The number of rotatable bonds is 5. The highest BCUT2D eigenvalue weighted by molar-refractivity contribution is 5.46. The second-order valence-electron chi connectivity index (χ2n) is 2.66. The minimum absolute atomic E-state index is 0.124. The molecule has 0 spiro atoms. The highest BCUT2D eigenvalue weighted by atomic mass is 16.7. The molecule has 1 rings (SSSR count). The van der Waals surface area contributed by atoms with Gasteiger partial charge in [0.25, 0.3) is 0 Å². The second-order valence-corrected chi connectivity index (χ2v) is 2.66. The predicted molar refractivity (Wildman–Crippen MR) is 42.4 cm³/mol. The zero-order valence-electron chi connectivity index (χ0n) is 7.16. The van der Waals surface area contributed by atoms with Crippen molar-refractivity contribution in [1.29, 1.82) is 0 Å². The third-order valence-electron chi connectivity index (χ3n) is 1.73. The van der Waals surface area contributed by atoms with Crippen LogP contribution in [0.1, 0.15) is 0 Å². The Labute approximate surface area is 71.6 Å². The molecular formula is C7H14N2O3. The molecule has 1 amide bonds. The van der Waals surface area contributed by atoms with Crippen LogP contribution in [0.4, 0.5) is 0 Å². The van der Waals surface area contributed by atoms with Gasteiger partial charge in [-0.25, -0.2) is 0 Å². The van der Waals surface area contributed by atoms with Crippen LogP contribution in [0.15, 0.2) is 0 Å². The van der Waals surface area contributed by atoms with Crippen LogP contribution in [0.3, 0.4) is 0 Å². The standard InChI is InChI=1S/C7H14N2O3/c1-11-3-2-9-4-7(5-12-9)8-6-10/h6-7H,2-5H2,1H3,(H,8,10)/t7-/m1/s1. The van der Waals surface area contributed by atoms with Crippen LogP contribution in [0.25, 0.3) is 0 Å². The van der Waals surface area contributed by atoms with E-state index in [-0.39, 0.29) is 6.04 Å². The predicted octanol–water partition coefficient (Wildman–Crippen LogP) is -1.01. The van der Waals surface area contributed by atoms with Crippen LogP contribution in [0.5, 0.6) is 0 Å². The van der Waals surface area contributed by atoms with Crippen LogP contribution in [-0.2, 0) is 14.4 Å². The monoisotopic (exact) mass is 174 g/mol. The molecule has 5 nitrogen and oxygen atoms in total. The Morgan fingerprint density at radius 2 is 2.67 bits per heavy atom. The van der Waals surface area contributed by atoms with Crippen molar-refractivity contribution in [2.24, 2.45) is 0 Å². The van der Waals surface area contributed by atoms with E-state index < -0.39 is 0 Å². The average molecular weight is 174 g/mol. The third-order valence-corrected chi connectivity index (χ3v) is 1.73. The summed E-state index contributed by atoms with van der Waals surface area (Å²) in [4.78, 5) is 15.3. The van der Waals surface area contributed by atoms with Gasteiger partial charge < -0.3 is 10.1 Å². The molecule has 0 aromatic carbocycles. The van der Waals surface area contributed by atoms with Crippen molar-refractivity contribution in [3.05, 3.63) is 0 Å². The van der Waals surface area contributed by atoms with Gasteiger partial charge in [0.1, 0.15) is 0 Å². The molecule has 1 N–H and O–H groups in total. The van der Waals surface area contributed by atoms with Crippen molar-refractivity contribution >= 4 is 6.41 Å². The second kappa shape index (κ2) is 5.08. The van der Waals surface area contributed by atoms with Gasteiger partial charge in [-0.2, -0.15) is 5.06 Å². The van der Waals surface area contributed by atoms with Crippen LogP contribution in [0.2, 0.25) is 0 Å². The first-order chi connectivity index (χ1) is 5.86. The van der Waals surface area contributed by atoms with Crippen LogP contribution >= 0.6 is 0 Å². The maximum atomic E-state index is 10.1. The topological polar surface area (TPSA) is 50.8 Å². The van der Waals surface area contributed by atoms with Crippen molar-refractivity contribution in [3.63, 3.8) is 0 Å². The van der Waals surface area contributed by atoms with E-state index >= 15 is 0 Å². The number of nitrogens with one attached hydrogen (secondary N) is 1. The van der Waals surface area contributed by atoms with Crippen molar-refractivity contribution in [2.75, 3.05) is 33.4 Å². The normalized spacial score (nSPS) is 24.2. The van der Waals surface area contributed by atoms with Crippen molar-refractivity contribution < 1.29 is 14.4 Å². The largest absolute Gasteiger partial charge is 0.383 e. The summed E-state index contributed by atoms with van der Waals surface area (Å²) in [5.74, 6) is 0. The van der Waals surface area contributed by atoms with Gasteiger partial charge >= 0.3 is 0 Å². The molecule has 5 heteroatoms. The van der Waals surface area contributed by atoms with Crippen molar-refractivity contribution in [2.45, 2.75) is 6.04 Å². The molecule has 0 unspecified atom stereocenters. The van der Waals surface area contributed by atoms with Gasteiger partial charge in [0, 0.05) is 20.2 Å². The Bertz CT molecular complexity index is 143. The summed E-state index contributed by atoms with van der Waals surface area (Å²) in [7, 11) is 1.65. The van der Waals surface area contributed by atoms with E-state index in [1.165, 1.54) is 0 Å². The summed E-state index contributed by atoms with van der Waals surface area (Å²) < 4.78 is 4.89. The van der Waals surface area contributed by atoms with Gasteiger partial charge in [0.15, 0.2) is 0 Å². The van der Waals surface area contributed by atoms with Gasteiger partial charge in [-0.3, -0.25) is 9.63 Å². The lowest BCUT2D eigenvalue weighted by atomic mass is 10.3. The SMILES string of the molecule is COCCN1C[C@@H](NC=O)CO1. The zero-order chi connectivity index (χ0) is 8.81. The maximum absolute atomic E-state index is 10.1. The minimum atomic E-state index is 0.124. The lowest BCUT2D eigenvalue weighted by Gasteiger charge is -2.12. The first-order valence-electron chi connectivity index (χ1n) is 3.93. The van der Waals surface area contributed by atoms with Crippen LogP contribution < -0.4 is 5.32 Å². The Hall–Kier alpha value is -0.650. The van der Waals surface area contributed by atoms with Gasteiger partial charge in [0.2, 0.25) is 6.41 Å². The molecule has 12 heavy (non-hydrogen) atoms. The van der Waals surface area contributed by atoms with Gasteiger partial charge in [-0.1, -0.05) is 0 Å². The lowest BCUT2D eigenvalue weighted by Crippen LogP contribution is -2.33. The minimum Gasteiger partial charge on any atom is -0.383 e. The molecule has 0 aromatic heterocycles. The number of carbonyl (C=O) groups is 1. The zero-order valence-corrected chi connectivity index (χ0v) is 7.16. The molecule has 1 fully saturated rings. The van der Waals surface area contributed by atoms with Gasteiger partial charge in [-0.05, 0) is 0 Å². The number of nitrogens with zero attached hydrogens (tertiary/aromatic N) is 1. The molecule has 0 bridgehead atoms. The van der Waals surface area contributed by atoms with E-state index in [2.05, 4.69) is 5.32 Å². The Kier molecular flexibility index (Phi) is 3.99. The summed E-state index contributed by atoms with van der Waals surface area (Å²) in [5.41, 5.74) is 0. The van der Waals surface area contributed by atoms with E-state index in [4.69, 9.17) is 9.57 Å². The van der Waals surface area contributed by atoms with E-state index in [1.54, 1.807) is 12.2 Å². The number of hydrogen-bond acceptors (Lipinski definition) is 4. The quantitative estimate of drug-likeness (QED) is 0.543. The van der Waals surface area contributed by atoms with E-state index in [0.717, 1.165) is 13.1 Å². The number of amides is 1. The van der Waals surface area contributed by atoms with Gasteiger partial charge in [-0.15, -0.1) is 0 Å². The van der Waals surface area contributed by atoms with Gasteiger partial charge in [0.05, 0.1) is 19.3 Å². The Morgan fingerprint density at radius 3 is 3.33 bits per heavy atom. The Balaban J connectivity index is 2.12. The maximum Gasteiger partial charge on any atom is 0.207 e. The fraction of sp³-hybridized carbons (Fsp3) is 0.857.